The number of aromatic nitrogens is 2. The van der Waals surface area contributed by atoms with Crippen LogP contribution in [0.1, 0.15) is 33.6 Å². The highest BCUT2D eigenvalue weighted by Gasteiger charge is 2.46. The molecule has 164 valence electrons. The van der Waals surface area contributed by atoms with Gasteiger partial charge in [0.25, 0.3) is 0 Å². The van der Waals surface area contributed by atoms with Gasteiger partial charge in [0.05, 0.1) is 9.50 Å². The smallest absolute Gasteiger partial charge is 0.225 e. The molecular weight excluding hydrogens is 508 g/mol. The molecule has 0 amide bonds. The third kappa shape index (κ3) is 4.01. The zero-order valence-electron chi connectivity index (χ0n) is 17.9. The Balaban J connectivity index is 1.66. The minimum Gasteiger partial charge on any atom is -0.414 e. The molecule has 1 aliphatic carbocycles. The van der Waals surface area contributed by atoms with Crippen LogP contribution in [-0.2, 0) is 4.43 Å². The van der Waals surface area contributed by atoms with Crippen LogP contribution in [0, 0.1) is 17.7 Å². The molecular formula is C21H27BrCl2FN3OSi. The summed E-state index contributed by atoms with van der Waals surface area (Å²) in [7, 11) is -1.84. The van der Waals surface area contributed by atoms with E-state index in [4.69, 9.17) is 27.6 Å². The lowest BCUT2D eigenvalue weighted by Crippen LogP contribution is -2.46. The van der Waals surface area contributed by atoms with Crippen LogP contribution in [0.15, 0.2) is 10.5 Å². The quantitative estimate of drug-likeness (QED) is 0.239. The summed E-state index contributed by atoms with van der Waals surface area (Å²) in [5, 5.41) is 1.11. The van der Waals surface area contributed by atoms with E-state index in [1.165, 1.54) is 0 Å². The zero-order chi connectivity index (χ0) is 22.0. The van der Waals surface area contributed by atoms with E-state index < -0.39 is 14.1 Å². The first-order chi connectivity index (χ1) is 13.9. The van der Waals surface area contributed by atoms with E-state index in [-0.39, 0.29) is 26.4 Å². The Morgan fingerprint density at radius 1 is 1.20 bits per heavy atom. The van der Waals surface area contributed by atoms with Gasteiger partial charge in [-0.2, -0.15) is 4.98 Å². The molecule has 30 heavy (non-hydrogen) atoms. The summed E-state index contributed by atoms with van der Waals surface area (Å²) in [5.41, 5.74) is 0.188. The maximum Gasteiger partial charge on any atom is 0.225 e. The Kier molecular flexibility index (Phi) is 5.93. The van der Waals surface area contributed by atoms with Gasteiger partial charge in [-0.3, -0.25) is 0 Å². The van der Waals surface area contributed by atoms with Gasteiger partial charge in [-0.1, -0.05) is 32.4 Å². The van der Waals surface area contributed by atoms with Crippen molar-refractivity contribution in [3.8, 4) is 0 Å². The number of piperidine rings is 1. The fraction of sp³-hybridized carbons (Fsp3) is 0.619. The van der Waals surface area contributed by atoms with E-state index in [1.807, 2.05) is 0 Å². The number of benzene rings is 1. The molecule has 1 unspecified atom stereocenters. The van der Waals surface area contributed by atoms with Crippen LogP contribution in [0.2, 0.25) is 28.4 Å². The first kappa shape index (κ1) is 22.7. The highest BCUT2D eigenvalue weighted by molar-refractivity contribution is 9.10. The molecule has 2 fully saturated rings. The van der Waals surface area contributed by atoms with Crippen molar-refractivity contribution in [2.75, 3.05) is 18.0 Å². The van der Waals surface area contributed by atoms with Gasteiger partial charge in [-0.25, -0.2) is 9.37 Å². The van der Waals surface area contributed by atoms with Crippen molar-refractivity contribution in [1.82, 2.24) is 9.97 Å². The van der Waals surface area contributed by atoms with Crippen molar-refractivity contribution in [2.45, 2.75) is 57.8 Å². The molecule has 0 spiro atoms. The highest BCUT2D eigenvalue weighted by Crippen LogP contribution is 2.46. The van der Waals surface area contributed by atoms with Crippen LogP contribution >= 0.6 is 39.1 Å². The van der Waals surface area contributed by atoms with Crippen LogP contribution in [-0.4, -0.2) is 37.5 Å². The summed E-state index contributed by atoms with van der Waals surface area (Å²) in [6, 6.07) is 1.72. The Hall–Kier alpha value is -0.473. The number of nitrogens with zero attached hydrogens (tertiary/aromatic N) is 3. The largest absolute Gasteiger partial charge is 0.414 e. The topological polar surface area (TPSA) is 38.2 Å². The number of hydrogen-bond acceptors (Lipinski definition) is 4. The fourth-order valence-corrected chi connectivity index (χ4v) is 6.51. The molecule has 1 saturated carbocycles. The third-order valence-electron chi connectivity index (χ3n) is 6.99. The second-order valence-corrected chi connectivity index (χ2v) is 16.4. The van der Waals surface area contributed by atoms with Gasteiger partial charge < -0.3 is 9.33 Å². The SMILES string of the molecule is CC(C)(C)[Si](C)(C)OC1C[C@H]2C[C@@H]1CN(c1nc(Cl)nc3c(F)c(Br)c(Cl)cc13)C2. The Morgan fingerprint density at radius 2 is 1.90 bits per heavy atom. The molecule has 2 aliphatic rings. The summed E-state index contributed by atoms with van der Waals surface area (Å²) in [6.45, 7) is 13.1. The number of rotatable bonds is 3. The predicted octanol–water partition coefficient (Wildman–Crippen LogP) is 7.07. The van der Waals surface area contributed by atoms with E-state index in [2.05, 4.69) is 64.7 Å². The lowest BCUT2D eigenvalue weighted by Gasteiger charge is -2.40. The number of fused-ring (bicyclic) bond motifs is 3. The highest BCUT2D eigenvalue weighted by atomic mass is 79.9. The molecule has 1 saturated heterocycles. The van der Waals surface area contributed by atoms with Crippen molar-refractivity contribution in [1.29, 1.82) is 0 Å². The molecule has 0 N–H and O–H groups in total. The van der Waals surface area contributed by atoms with Crippen molar-refractivity contribution in [3.05, 3.63) is 26.7 Å². The first-order valence-electron chi connectivity index (χ1n) is 10.3. The molecule has 4 rings (SSSR count). The van der Waals surface area contributed by atoms with Crippen LogP contribution in [0.3, 0.4) is 0 Å². The van der Waals surface area contributed by atoms with Crippen LogP contribution in [0.5, 0.6) is 0 Å². The van der Waals surface area contributed by atoms with Gasteiger partial charge in [-0.05, 0) is 70.5 Å². The maximum atomic E-state index is 14.8. The van der Waals surface area contributed by atoms with Gasteiger partial charge in [0, 0.05) is 30.5 Å². The predicted molar refractivity (Wildman–Crippen MR) is 128 cm³/mol. The Bertz CT molecular complexity index is 1000. The van der Waals surface area contributed by atoms with Gasteiger partial charge in [0.1, 0.15) is 11.3 Å². The van der Waals surface area contributed by atoms with E-state index >= 15 is 0 Å². The van der Waals surface area contributed by atoms with Crippen LogP contribution in [0.4, 0.5) is 10.2 Å². The van der Waals surface area contributed by atoms with E-state index in [0.717, 1.165) is 25.9 Å². The van der Waals surface area contributed by atoms with E-state index in [1.54, 1.807) is 6.07 Å². The molecule has 1 aromatic carbocycles. The fourth-order valence-electron chi connectivity index (χ4n) is 4.45. The van der Waals surface area contributed by atoms with Crippen LogP contribution in [0.25, 0.3) is 10.9 Å². The number of hydrogen-bond donors (Lipinski definition) is 0. The Morgan fingerprint density at radius 3 is 2.57 bits per heavy atom. The molecule has 2 bridgehead atoms. The lowest BCUT2D eigenvalue weighted by atomic mass is 9.98. The maximum absolute atomic E-state index is 14.8. The molecule has 3 atom stereocenters. The monoisotopic (exact) mass is 533 g/mol. The number of halogens is 4. The average molecular weight is 535 g/mol. The molecule has 4 nitrogen and oxygen atoms in total. The normalized spacial score (nSPS) is 24.7. The van der Waals surface area contributed by atoms with Gasteiger partial charge >= 0.3 is 0 Å². The molecule has 0 radical (unpaired) electrons. The third-order valence-corrected chi connectivity index (χ3v) is 13.0. The van der Waals surface area contributed by atoms with Crippen LogP contribution < -0.4 is 4.90 Å². The zero-order valence-corrected chi connectivity index (χ0v) is 22.0. The average Bonchev–Trinajstić information content (AvgIpc) is 2.91. The summed E-state index contributed by atoms with van der Waals surface area (Å²) < 4.78 is 21.8. The van der Waals surface area contributed by atoms with E-state index in [9.17, 15) is 4.39 Å². The second-order valence-electron chi connectivity index (χ2n) is 10.1. The minimum atomic E-state index is -1.84. The standard InChI is InChI=1S/C21H27BrCl2FN3OSi/c1-21(2,3)30(4,5)29-15-7-11-6-12(15)10-28(9-11)19-13-8-14(23)16(22)17(25)18(13)26-20(24)27-19/h8,11-12,15H,6-7,9-10H2,1-5H3/t11-,12-,15?/m1/s1. The second kappa shape index (κ2) is 7.83. The molecule has 1 aliphatic heterocycles. The van der Waals surface area contributed by atoms with Gasteiger partial charge in [0.2, 0.25) is 5.28 Å². The molecule has 2 heterocycles. The van der Waals surface area contributed by atoms with Gasteiger partial charge in [0.15, 0.2) is 14.1 Å². The first-order valence-corrected chi connectivity index (χ1v) is 14.8. The summed E-state index contributed by atoms with van der Waals surface area (Å²) in [5.74, 6) is 1.10. The Labute approximate surface area is 196 Å². The summed E-state index contributed by atoms with van der Waals surface area (Å²) in [6.07, 6.45) is 2.48. The van der Waals surface area contributed by atoms with Crippen molar-refractivity contribution in [2.24, 2.45) is 11.8 Å². The number of anilines is 1. The van der Waals surface area contributed by atoms with E-state index in [0.29, 0.717) is 28.1 Å². The lowest BCUT2D eigenvalue weighted by molar-refractivity contribution is 0.145. The van der Waals surface area contributed by atoms with Crippen molar-refractivity contribution in [3.63, 3.8) is 0 Å². The minimum absolute atomic E-state index is 0.0395. The van der Waals surface area contributed by atoms with Gasteiger partial charge in [-0.15, -0.1) is 0 Å². The van der Waals surface area contributed by atoms with Crippen molar-refractivity contribution >= 4 is 64.2 Å². The van der Waals surface area contributed by atoms with Crippen molar-refractivity contribution < 1.29 is 8.82 Å². The molecule has 1 aromatic heterocycles. The molecule has 2 aromatic rings. The summed E-state index contributed by atoms with van der Waals surface area (Å²) in [4.78, 5) is 10.8. The molecule has 9 heteroatoms. The summed E-state index contributed by atoms with van der Waals surface area (Å²) >= 11 is 15.6.